The fourth-order valence-corrected chi connectivity index (χ4v) is 3.62. The Morgan fingerprint density at radius 1 is 1.14 bits per heavy atom. The molecular formula is C22H31F3N2O2. The Hall–Kier alpha value is -2.02. The Kier molecular flexibility index (Phi) is 8.56. The number of amides is 1. The van der Waals surface area contributed by atoms with Crippen molar-refractivity contribution in [1.82, 2.24) is 9.80 Å². The summed E-state index contributed by atoms with van der Waals surface area (Å²) >= 11 is 0. The number of carbonyl (C=O) groups excluding carboxylic acids is 1. The molecule has 1 saturated carbocycles. The number of allylic oxidation sites excluding steroid dienone is 1. The van der Waals surface area contributed by atoms with Crippen LogP contribution in [0, 0.1) is 5.92 Å². The van der Waals surface area contributed by atoms with Crippen molar-refractivity contribution in [1.29, 1.82) is 0 Å². The summed E-state index contributed by atoms with van der Waals surface area (Å²) in [7, 11) is 3.80. The number of carbonyl (C=O) groups is 1. The van der Waals surface area contributed by atoms with Crippen LogP contribution in [-0.4, -0.2) is 49.1 Å². The fourth-order valence-electron chi connectivity index (χ4n) is 3.62. The summed E-state index contributed by atoms with van der Waals surface area (Å²) in [6.07, 6.45) is 4.50. The third-order valence-corrected chi connectivity index (χ3v) is 5.39. The van der Waals surface area contributed by atoms with Gasteiger partial charge in [0.05, 0.1) is 5.56 Å². The summed E-state index contributed by atoms with van der Waals surface area (Å²) in [6.45, 7) is 4.20. The zero-order valence-corrected chi connectivity index (χ0v) is 17.4. The van der Waals surface area contributed by atoms with Gasteiger partial charge in [0.25, 0.3) is 0 Å². The van der Waals surface area contributed by atoms with Crippen LogP contribution in [0.15, 0.2) is 36.4 Å². The molecular weight excluding hydrogens is 381 g/mol. The van der Waals surface area contributed by atoms with E-state index in [0.717, 1.165) is 57.3 Å². The first-order chi connectivity index (χ1) is 13.7. The predicted octanol–water partition coefficient (Wildman–Crippen LogP) is 5.59. The van der Waals surface area contributed by atoms with Gasteiger partial charge in [0, 0.05) is 19.6 Å². The van der Waals surface area contributed by atoms with E-state index in [1.807, 2.05) is 0 Å². The Bertz CT molecular complexity index is 666. The molecule has 0 radical (unpaired) electrons. The number of benzene rings is 1. The van der Waals surface area contributed by atoms with Gasteiger partial charge >= 0.3 is 12.3 Å². The molecule has 0 aromatic heterocycles. The smallest absolute Gasteiger partial charge is 0.410 e. The quantitative estimate of drug-likeness (QED) is 0.547. The number of alkyl halides is 3. The Morgan fingerprint density at radius 2 is 1.76 bits per heavy atom. The first kappa shape index (κ1) is 23.3. The first-order valence-corrected chi connectivity index (χ1v) is 10.2. The zero-order chi connectivity index (χ0) is 21.4. The van der Waals surface area contributed by atoms with E-state index in [0.29, 0.717) is 5.92 Å². The van der Waals surface area contributed by atoms with Crippen LogP contribution in [0.25, 0.3) is 0 Å². The van der Waals surface area contributed by atoms with Crippen molar-refractivity contribution in [3.63, 3.8) is 0 Å². The third-order valence-electron chi connectivity index (χ3n) is 5.39. The third kappa shape index (κ3) is 7.38. The Morgan fingerprint density at radius 3 is 2.31 bits per heavy atom. The molecule has 4 nitrogen and oxygen atoms in total. The van der Waals surface area contributed by atoms with Crippen LogP contribution in [0.5, 0.6) is 5.75 Å². The minimum atomic E-state index is -4.40. The molecule has 0 saturated heterocycles. The molecule has 1 amide bonds. The van der Waals surface area contributed by atoms with Crippen molar-refractivity contribution < 1.29 is 22.7 Å². The normalized spacial score (nSPS) is 20.2. The molecule has 0 unspecified atom stereocenters. The second-order valence-corrected chi connectivity index (χ2v) is 7.76. The van der Waals surface area contributed by atoms with Gasteiger partial charge in [-0.05, 0) is 75.9 Å². The van der Waals surface area contributed by atoms with E-state index in [9.17, 15) is 18.0 Å². The molecule has 0 N–H and O–H groups in total. The van der Waals surface area contributed by atoms with E-state index in [-0.39, 0.29) is 11.8 Å². The van der Waals surface area contributed by atoms with E-state index in [1.165, 1.54) is 12.1 Å². The van der Waals surface area contributed by atoms with E-state index >= 15 is 0 Å². The van der Waals surface area contributed by atoms with E-state index < -0.39 is 17.8 Å². The molecule has 0 bridgehead atoms. The van der Waals surface area contributed by atoms with Crippen LogP contribution in [0.2, 0.25) is 0 Å². The maximum absolute atomic E-state index is 12.6. The Labute approximate surface area is 171 Å². The summed E-state index contributed by atoms with van der Waals surface area (Å²) in [6, 6.07) is 4.26. The predicted molar refractivity (Wildman–Crippen MR) is 108 cm³/mol. The Balaban J connectivity index is 1.79. The SMILES string of the molecule is CCCN(C)C/C=C/[C@H]1CC[C@H](N(C)C(=O)Oc2ccc(C(F)(F)F)cc2)CC1. The lowest BCUT2D eigenvalue weighted by molar-refractivity contribution is -0.137. The van der Waals surface area contributed by atoms with Crippen molar-refractivity contribution in [2.45, 2.75) is 51.2 Å². The van der Waals surface area contributed by atoms with Gasteiger partial charge in [-0.1, -0.05) is 19.1 Å². The summed E-state index contributed by atoms with van der Waals surface area (Å²) < 4.78 is 43.1. The van der Waals surface area contributed by atoms with Crippen LogP contribution in [0.1, 0.15) is 44.6 Å². The van der Waals surface area contributed by atoms with Crippen LogP contribution in [0.4, 0.5) is 18.0 Å². The van der Waals surface area contributed by atoms with Gasteiger partial charge in [-0.25, -0.2) is 4.79 Å². The van der Waals surface area contributed by atoms with Crippen LogP contribution in [0.3, 0.4) is 0 Å². The number of hydrogen-bond acceptors (Lipinski definition) is 3. The molecule has 0 aliphatic heterocycles. The lowest BCUT2D eigenvalue weighted by Gasteiger charge is -2.33. The molecule has 29 heavy (non-hydrogen) atoms. The average Bonchev–Trinajstić information content (AvgIpc) is 2.68. The number of nitrogens with zero attached hydrogens (tertiary/aromatic N) is 2. The lowest BCUT2D eigenvalue weighted by atomic mass is 9.85. The fraction of sp³-hybridized carbons (Fsp3) is 0.591. The maximum Gasteiger partial charge on any atom is 0.416 e. The number of likely N-dealkylation sites (N-methyl/N-ethyl adjacent to an activating group) is 1. The molecule has 1 aliphatic carbocycles. The summed E-state index contributed by atoms with van der Waals surface area (Å²) in [5.74, 6) is 0.642. The highest BCUT2D eigenvalue weighted by Gasteiger charge is 2.30. The molecule has 0 atom stereocenters. The standard InChI is InChI=1S/C22H31F3N2O2/c1-4-15-26(2)16-5-6-17-7-11-19(12-8-17)27(3)21(28)29-20-13-9-18(10-14-20)22(23,24)25/h5-6,9-10,13-14,17,19H,4,7-8,11-12,15-16H2,1-3H3/b6-5+/t17-,19-. The van der Waals surface area contributed by atoms with Crippen LogP contribution >= 0.6 is 0 Å². The minimum Gasteiger partial charge on any atom is -0.410 e. The second-order valence-electron chi connectivity index (χ2n) is 7.76. The minimum absolute atomic E-state index is 0.0874. The molecule has 1 fully saturated rings. The monoisotopic (exact) mass is 412 g/mol. The van der Waals surface area contributed by atoms with E-state index in [2.05, 4.69) is 31.0 Å². The van der Waals surface area contributed by atoms with E-state index in [4.69, 9.17) is 4.74 Å². The number of hydrogen-bond donors (Lipinski definition) is 0. The van der Waals surface area contributed by atoms with E-state index in [1.54, 1.807) is 11.9 Å². The summed E-state index contributed by atoms with van der Waals surface area (Å²) in [5.41, 5.74) is -0.766. The average molecular weight is 412 g/mol. The van der Waals surface area contributed by atoms with Gasteiger partial charge in [0.2, 0.25) is 0 Å². The summed E-state index contributed by atoms with van der Waals surface area (Å²) in [5, 5.41) is 0. The van der Waals surface area contributed by atoms with Crippen molar-refractivity contribution in [3.8, 4) is 5.75 Å². The molecule has 2 rings (SSSR count). The zero-order valence-electron chi connectivity index (χ0n) is 17.4. The van der Waals surface area contributed by atoms with Crippen LogP contribution < -0.4 is 4.74 Å². The summed E-state index contributed by atoms with van der Waals surface area (Å²) in [4.78, 5) is 16.2. The van der Waals surface area contributed by atoms with Crippen LogP contribution in [-0.2, 0) is 6.18 Å². The molecule has 162 valence electrons. The van der Waals surface area contributed by atoms with Crippen molar-refractivity contribution in [2.75, 3.05) is 27.2 Å². The largest absolute Gasteiger partial charge is 0.416 e. The number of ether oxygens (including phenoxy) is 1. The molecule has 0 spiro atoms. The highest BCUT2D eigenvalue weighted by Crippen LogP contribution is 2.31. The molecule has 1 aliphatic rings. The molecule has 1 aromatic carbocycles. The topological polar surface area (TPSA) is 32.8 Å². The highest BCUT2D eigenvalue weighted by atomic mass is 19.4. The second kappa shape index (κ2) is 10.7. The van der Waals surface area contributed by atoms with Gasteiger partial charge < -0.3 is 14.5 Å². The molecule has 7 heteroatoms. The van der Waals surface area contributed by atoms with Crippen molar-refractivity contribution >= 4 is 6.09 Å². The van der Waals surface area contributed by atoms with Gasteiger partial charge in [-0.15, -0.1) is 0 Å². The van der Waals surface area contributed by atoms with Crippen molar-refractivity contribution in [3.05, 3.63) is 42.0 Å². The molecule has 1 aromatic rings. The van der Waals surface area contributed by atoms with Gasteiger partial charge in [0.15, 0.2) is 0 Å². The van der Waals surface area contributed by atoms with Gasteiger partial charge in [-0.2, -0.15) is 13.2 Å². The molecule has 0 heterocycles. The van der Waals surface area contributed by atoms with Gasteiger partial charge in [0.1, 0.15) is 5.75 Å². The first-order valence-electron chi connectivity index (χ1n) is 10.2. The van der Waals surface area contributed by atoms with Crippen molar-refractivity contribution in [2.24, 2.45) is 5.92 Å². The van der Waals surface area contributed by atoms with Gasteiger partial charge in [-0.3, -0.25) is 0 Å². The number of rotatable bonds is 7. The maximum atomic E-state index is 12.6. The number of halogens is 3. The lowest BCUT2D eigenvalue weighted by Crippen LogP contribution is -2.40. The highest BCUT2D eigenvalue weighted by molar-refractivity contribution is 5.70.